The smallest absolute Gasteiger partial charge is 0.119 e. The molecule has 4 nitrogen and oxygen atoms in total. The molecule has 19 heavy (non-hydrogen) atoms. The van der Waals surface area contributed by atoms with Crippen LogP contribution in [0.15, 0.2) is 18.2 Å². The van der Waals surface area contributed by atoms with E-state index in [0.29, 0.717) is 19.5 Å². The van der Waals surface area contributed by atoms with Crippen molar-refractivity contribution in [3.05, 3.63) is 29.3 Å². The number of aliphatic hydroxyl groups is 2. The summed E-state index contributed by atoms with van der Waals surface area (Å²) in [7, 11) is 3.58. The van der Waals surface area contributed by atoms with E-state index in [1.165, 1.54) is 0 Å². The van der Waals surface area contributed by atoms with E-state index in [-0.39, 0.29) is 13.2 Å². The SMILES string of the molecule is COc1ccc(C#CCCO)c(CN(C)CCO)c1. The Hall–Kier alpha value is -1.54. The van der Waals surface area contributed by atoms with E-state index < -0.39 is 0 Å². The highest BCUT2D eigenvalue weighted by molar-refractivity contribution is 5.45. The van der Waals surface area contributed by atoms with Gasteiger partial charge in [0, 0.05) is 25.1 Å². The normalized spacial score (nSPS) is 10.2. The second kappa shape index (κ2) is 8.54. The van der Waals surface area contributed by atoms with Gasteiger partial charge in [-0.05, 0) is 30.8 Å². The zero-order valence-electron chi connectivity index (χ0n) is 11.5. The van der Waals surface area contributed by atoms with Crippen molar-refractivity contribution >= 4 is 0 Å². The summed E-state index contributed by atoms with van der Waals surface area (Å²) in [6.07, 6.45) is 0.470. The lowest BCUT2D eigenvalue weighted by molar-refractivity contribution is 0.217. The van der Waals surface area contributed by atoms with Crippen LogP contribution in [0.1, 0.15) is 17.5 Å². The van der Waals surface area contributed by atoms with Gasteiger partial charge >= 0.3 is 0 Å². The van der Waals surface area contributed by atoms with Crippen LogP contribution < -0.4 is 4.74 Å². The summed E-state index contributed by atoms with van der Waals surface area (Å²) in [4.78, 5) is 2.02. The molecular weight excluding hydrogens is 242 g/mol. The average molecular weight is 263 g/mol. The van der Waals surface area contributed by atoms with E-state index in [1.807, 2.05) is 30.1 Å². The Morgan fingerprint density at radius 3 is 2.68 bits per heavy atom. The third-order valence-corrected chi connectivity index (χ3v) is 2.69. The fourth-order valence-electron chi connectivity index (χ4n) is 1.70. The van der Waals surface area contributed by atoms with Crippen LogP contribution in [0.4, 0.5) is 0 Å². The Morgan fingerprint density at radius 1 is 1.26 bits per heavy atom. The lowest BCUT2D eigenvalue weighted by Gasteiger charge is -2.16. The van der Waals surface area contributed by atoms with Gasteiger partial charge in [0.25, 0.3) is 0 Å². The van der Waals surface area contributed by atoms with Crippen molar-refractivity contribution in [3.8, 4) is 17.6 Å². The Labute approximate surface area is 114 Å². The number of hydrogen-bond acceptors (Lipinski definition) is 4. The average Bonchev–Trinajstić information content (AvgIpc) is 2.40. The first-order valence-corrected chi connectivity index (χ1v) is 6.27. The van der Waals surface area contributed by atoms with Crippen LogP contribution in [0.5, 0.6) is 5.75 Å². The van der Waals surface area contributed by atoms with Gasteiger partial charge in [0.15, 0.2) is 0 Å². The van der Waals surface area contributed by atoms with Gasteiger partial charge in [-0.3, -0.25) is 4.90 Å². The van der Waals surface area contributed by atoms with Gasteiger partial charge in [-0.2, -0.15) is 0 Å². The first-order valence-electron chi connectivity index (χ1n) is 6.27. The van der Waals surface area contributed by atoms with Gasteiger partial charge < -0.3 is 14.9 Å². The number of rotatable bonds is 6. The van der Waals surface area contributed by atoms with E-state index in [9.17, 15) is 0 Å². The van der Waals surface area contributed by atoms with E-state index in [1.54, 1.807) is 7.11 Å². The van der Waals surface area contributed by atoms with Crippen LogP contribution in [0, 0.1) is 11.8 Å². The molecular formula is C15H21NO3. The largest absolute Gasteiger partial charge is 0.497 e. The van der Waals surface area contributed by atoms with Gasteiger partial charge in [-0.1, -0.05) is 11.8 Å². The molecule has 1 aromatic rings. The summed E-state index contributed by atoms with van der Waals surface area (Å²) >= 11 is 0. The number of nitrogens with zero attached hydrogens (tertiary/aromatic N) is 1. The zero-order valence-corrected chi connectivity index (χ0v) is 11.5. The Balaban J connectivity index is 2.93. The van der Waals surface area contributed by atoms with Crippen LogP contribution in [0.2, 0.25) is 0 Å². The summed E-state index contributed by atoms with van der Waals surface area (Å²) in [6, 6.07) is 5.75. The molecule has 0 amide bonds. The maximum Gasteiger partial charge on any atom is 0.119 e. The molecule has 0 saturated heterocycles. The second-order valence-corrected chi connectivity index (χ2v) is 4.26. The highest BCUT2D eigenvalue weighted by Gasteiger charge is 2.06. The van der Waals surface area contributed by atoms with E-state index in [2.05, 4.69) is 11.8 Å². The predicted molar refractivity (Wildman–Crippen MR) is 75.0 cm³/mol. The minimum atomic E-state index is 0.0723. The predicted octanol–water partition coefficient (Wildman–Crippen LogP) is 0.853. The molecule has 0 radical (unpaired) electrons. The molecule has 1 rings (SSSR count). The van der Waals surface area contributed by atoms with Crippen LogP contribution in [0.3, 0.4) is 0 Å². The van der Waals surface area contributed by atoms with Gasteiger partial charge in [0.1, 0.15) is 5.75 Å². The van der Waals surface area contributed by atoms with Crippen molar-refractivity contribution in [1.82, 2.24) is 4.90 Å². The number of hydrogen-bond donors (Lipinski definition) is 2. The molecule has 0 atom stereocenters. The van der Waals surface area contributed by atoms with E-state index >= 15 is 0 Å². The second-order valence-electron chi connectivity index (χ2n) is 4.26. The van der Waals surface area contributed by atoms with Crippen LogP contribution >= 0.6 is 0 Å². The molecule has 0 fully saturated rings. The first-order chi connectivity index (χ1) is 9.21. The topological polar surface area (TPSA) is 52.9 Å². The molecule has 0 aromatic heterocycles. The molecule has 4 heteroatoms. The molecule has 2 N–H and O–H groups in total. The molecule has 0 aliphatic heterocycles. The third kappa shape index (κ3) is 5.31. The van der Waals surface area contributed by atoms with Gasteiger partial charge in [0.2, 0.25) is 0 Å². The monoisotopic (exact) mass is 263 g/mol. The third-order valence-electron chi connectivity index (χ3n) is 2.69. The fourth-order valence-corrected chi connectivity index (χ4v) is 1.70. The molecule has 0 aliphatic rings. The van der Waals surface area contributed by atoms with Crippen LogP contribution in [0.25, 0.3) is 0 Å². The number of ether oxygens (including phenoxy) is 1. The maximum absolute atomic E-state index is 8.94. The van der Waals surface area contributed by atoms with E-state index in [0.717, 1.165) is 16.9 Å². The van der Waals surface area contributed by atoms with Crippen molar-refractivity contribution in [2.45, 2.75) is 13.0 Å². The van der Waals surface area contributed by atoms with Crippen molar-refractivity contribution in [2.75, 3.05) is 33.9 Å². The molecule has 0 saturated carbocycles. The van der Waals surface area contributed by atoms with Gasteiger partial charge in [0.05, 0.1) is 20.3 Å². The Kier molecular flexibility index (Phi) is 6.98. The Morgan fingerprint density at radius 2 is 2.05 bits per heavy atom. The summed E-state index contributed by atoms with van der Waals surface area (Å²) in [5.74, 6) is 6.78. The zero-order chi connectivity index (χ0) is 14.1. The standard InChI is InChI=1S/C15H21NO3/c1-16(8-10-18)12-14-11-15(19-2)7-6-13(14)5-3-4-9-17/h6-7,11,17-18H,4,8-10,12H2,1-2H3. The molecule has 104 valence electrons. The molecule has 0 heterocycles. The number of methoxy groups -OCH3 is 1. The Bertz CT molecular complexity index is 448. The molecule has 0 aliphatic carbocycles. The molecule has 0 bridgehead atoms. The minimum Gasteiger partial charge on any atom is -0.497 e. The van der Waals surface area contributed by atoms with Gasteiger partial charge in [-0.15, -0.1) is 0 Å². The summed E-state index contributed by atoms with van der Waals surface area (Å²) < 4.78 is 5.22. The lowest BCUT2D eigenvalue weighted by Crippen LogP contribution is -2.22. The molecule has 1 aromatic carbocycles. The minimum absolute atomic E-state index is 0.0723. The van der Waals surface area contributed by atoms with Gasteiger partial charge in [-0.25, -0.2) is 0 Å². The summed E-state index contributed by atoms with van der Waals surface area (Å²) in [5, 5.41) is 17.7. The van der Waals surface area contributed by atoms with Crippen molar-refractivity contribution < 1.29 is 14.9 Å². The number of likely N-dealkylation sites (N-methyl/N-ethyl adjacent to an activating group) is 1. The molecule has 0 unspecified atom stereocenters. The summed E-state index contributed by atoms with van der Waals surface area (Å²) in [6.45, 7) is 1.51. The fraction of sp³-hybridized carbons (Fsp3) is 0.467. The number of aliphatic hydroxyl groups excluding tert-OH is 2. The van der Waals surface area contributed by atoms with Crippen LogP contribution in [-0.4, -0.2) is 49.0 Å². The first kappa shape index (κ1) is 15.5. The molecule has 0 spiro atoms. The van der Waals surface area contributed by atoms with E-state index in [4.69, 9.17) is 14.9 Å². The van der Waals surface area contributed by atoms with Crippen molar-refractivity contribution in [2.24, 2.45) is 0 Å². The highest BCUT2D eigenvalue weighted by atomic mass is 16.5. The quantitative estimate of drug-likeness (QED) is 0.747. The lowest BCUT2D eigenvalue weighted by atomic mass is 10.1. The van der Waals surface area contributed by atoms with Crippen molar-refractivity contribution in [3.63, 3.8) is 0 Å². The summed E-state index contributed by atoms with van der Waals surface area (Å²) in [5.41, 5.74) is 1.99. The van der Waals surface area contributed by atoms with Crippen LogP contribution in [-0.2, 0) is 6.54 Å². The van der Waals surface area contributed by atoms with Crippen molar-refractivity contribution in [1.29, 1.82) is 0 Å². The number of benzene rings is 1. The maximum atomic E-state index is 8.94. The highest BCUT2D eigenvalue weighted by Crippen LogP contribution is 2.18.